The van der Waals surface area contributed by atoms with Gasteiger partial charge in [0.1, 0.15) is 5.75 Å². The summed E-state index contributed by atoms with van der Waals surface area (Å²) < 4.78 is 5.67. The van der Waals surface area contributed by atoms with Gasteiger partial charge in [-0.2, -0.15) is 0 Å². The molecule has 3 aromatic rings. The summed E-state index contributed by atoms with van der Waals surface area (Å²) in [7, 11) is 0. The second kappa shape index (κ2) is 11.2. The lowest BCUT2D eigenvalue weighted by molar-refractivity contribution is -0.127. The summed E-state index contributed by atoms with van der Waals surface area (Å²) in [5, 5.41) is 3.37. The molecule has 0 aliphatic carbocycles. The topological polar surface area (TPSA) is 120 Å². The Kier molecular flexibility index (Phi) is 8.07. The van der Waals surface area contributed by atoms with Gasteiger partial charge in [0.05, 0.1) is 11.3 Å². The summed E-state index contributed by atoms with van der Waals surface area (Å²) in [4.78, 5) is 28.5. The third kappa shape index (κ3) is 6.58. The molecule has 0 aromatic heterocycles. The van der Waals surface area contributed by atoms with E-state index in [0.29, 0.717) is 38.8 Å². The number of hydrogen-bond donors (Lipinski definition) is 3. The van der Waals surface area contributed by atoms with Gasteiger partial charge in [-0.25, -0.2) is 9.79 Å². The third-order valence-electron chi connectivity index (χ3n) is 4.43. The number of benzene rings is 3. The minimum Gasteiger partial charge on any atom is -0.423 e. The summed E-state index contributed by atoms with van der Waals surface area (Å²) >= 11 is 12.4. The minimum absolute atomic E-state index is 0.0353. The number of aliphatic imine (C=N–C) groups is 1. The number of carbonyl (C=O) groups is 2. The zero-order chi connectivity index (χ0) is 23.8. The van der Waals surface area contributed by atoms with Gasteiger partial charge in [-0.3, -0.25) is 4.79 Å². The Bertz CT molecular complexity index is 1200. The molecule has 7 nitrogen and oxygen atoms in total. The van der Waals surface area contributed by atoms with Crippen molar-refractivity contribution in [3.8, 4) is 5.75 Å². The van der Waals surface area contributed by atoms with E-state index in [1.807, 2.05) is 6.07 Å². The number of nitrogens with one attached hydrogen (secondary N) is 1. The fourth-order valence-corrected chi connectivity index (χ4v) is 3.68. The SMILES string of the molecule is NC(N)=Nc1cccc(OC(=O)C(=C(CNC=O)c2cc(Cl)cc(Cl)c2)c2ccccc2)c1. The zero-order valence-electron chi connectivity index (χ0n) is 17.3. The lowest BCUT2D eigenvalue weighted by Gasteiger charge is -2.16. The summed E-state index contributed by atoms with van der Waals surface area (Å²) in [6.07, 6.45) is 0.540. The molecule has 0 atom stereocenters. The number of hydrogen-bond acceptors (Lipinski definition) is 4. The Morgan fingerprint density at radius 3 is 2.27 bits per heavy atom. The van der Waals surface area contributed by atoms with Crippen molar-refractivity contribution in [2.45, 2.75) is 0 Å². The number of nitrogens with zero attached hydrogens (tertiary/aromatic N) is 1. The Morgan fingerprint density at radius 1 is 0.939 bits per heavy atom. The average molecular weight is 483 g/mol. The van der Waals surface area contributed by atoms with Crippen molar-refractivity contribution in [3.05, 3.63) is 94.0 Å². The Hall–Kier alpha value is -3.81. The van der Waals surface area contributed by atoms with Gasteiger partial charge in [-0.15, -0.1) is 0 Å². The molecule has 0 aliphatic rings. The zero-order valence-corrected chi connectivity index (χ0v) is 18.8. The number of amides is 1. The summed E-state index contributed by atoms with van der Waals surface area (Å²) in [5.41, 5.74) is 13.1. The molecule has 9 heteroatoms. The molecule has 0 saturated carbocycles. The molecule has 0 unspecified atom stereocenters. The molecule has 0 bridgehead atoms. The first-order valence-electron chi connectivity index (χ1n) is 9.71. The molecule has 1 amide bonds. The van der Waals surface area contributed by atoms with Gasteiger partial charge >= 0.3 is 5.97 Å². The highest BCUT2D eigenvalue weighted by atomic mass is 35.5. The maximum absolute atomic E-state index is 13.4. The molecule has 5 N–H and O–H groups in total. The van der Waals surface area contributed by atoms with Crippen LogP contribution >= 0.6 is 23.2 Å². The van der Waals surface area contributed by atoms with E-state index in [4.69, 9.17) is 39.4 Å². The van der Waals surface area contributed by atoms with Crippen molar-refractivity contribution in [1.29, 1.82) is 0 Å². The standard InChI is InChI=1S/C24H20Cl2N4O3/c25-17-9-16(10-18(26)11-17)21(13-29-14-31)22(15-5-2-1-3-6-15)23(32)33-20-8-4-7-19(12-20)30-24(27)28/h1-12,14H,13H2,(H,29,31)(H4,27,28,30). The van der Waals surface area contributed by atoms with Crippen LogP contribution in [0.5, 0.6) is 5.75 Å². The van der Waals surface area contributed by atoms with Crippen molar-refractivity contribution in [3.63, 3.8) is 0 Å². The van der Waals surface area contributed by atoms with Crippen LogP contribution in [0, 0.1) is 0 Å². The van der Waals surface area contributed by atoms with E-state index >= 15 is 0 Å². The van der Waals surface area contributed by atoms with Gasteiger partial charge in [0.25, 0.3) is 0 Å². The highest BCUT2D eigenvalue weighted by Crippen LogP contribution is 2.32. The highest BCUT2D eigenvalue weighted by molar-refractivity contribution is 6.35. The first-order chi connectivity index (χ1) is 15.9. The molecule has 0 heterocycles. The Labute approximate surface area is 200 Å². The largest absolute Gasteiger partial charge is 0.423 e. The van der Waals surface area contributed by atoms with Crippen molar-refractivity contribution in [2.24, 2.45) is 16.5 Å². The molecule has 3 aromatic carbocycles. The van der Waals surface area contributed by atoms with Crippen LogP contribution in [0.4, 0.5) is 5.69 Å². The summed E-state index contributed by atoms with van der Waals surface area (Å²) in [5.74, 6) is -0.534. The highest BCUT2D eigenvalue weighted by Gasteiger charge is 2.22. The van der Waals surface area contributed by atoms with E-state index in [1.165, 1.54) is 6.07 Å². The van der Waals surface area contributed by atoms with Crippen LogP contribution in [0.1, 0.15) is 11.1 Å². The second-order valence-electron chi connectivity index (χ2n) is 6.80. The first kappa shape index (κ1) is 23.8. The van der Waals surface area contributed by atoms with E-state index < -0.39 is 5.97 Å². The first-order valence-corrected chi connectivity index (χ1v) is 10.5. The number of ether oxygens (including phenoxy) is 1. The van der Waals surface area contributed by atoms with Gasteiger partial charge < -0.3 is 21.5 Å². The number of nitrogens with two attached hydrogens (primary N) is 2. The quantitative estimate of drug-likeness (QED) is 0.0846. The maximum atomic E-state index is 13.4. The Morgan fingerprint density at radius 2 is 1.64 bits per heavy atom. The van der Waals surface area contributed by atoms with Gasteiger partial charge in [-0.05, 0) is 47.0 Å². The van der Waals surface area contributed by atoms with E-state index in [9.17, 15) is 9.59 Å². The monoisotopic (exact) mass is 482 g/mol. The summed E-state index contributed by atoms with van der Waals surface area (Å²) in [6.45, 7) is 0.0353. The van der Waals surface area contributed by atoms with Crippen LogP contribution in [0.15, 0.2) is 77.8 Å². The smallest absolute Gasteiger partial charge is 0.344 e. The van der Waals surface area contributed by atoms with Crippen molar-refractivity contribution >= 4 is 58.4 Å². The van der Waals surface area contributed by atoms with Crippen LogP contribution in [-0.4, -0.2) is 24.9 Å². The molecule has 3 rings (SSSR count). The van der Waals surface area contributed by atoms with Crippen molar-refractivity contribution in [2.75, 3.05) is 6.54 Å². The normalized spacial score (nSPS) is 11.2. The number of esters is 1. The molecule has 33 heavy (non-hydrogen) atoms. The van der Waals surface area contributed by atoms with Gasteiger partial charge in [0.15, 0.2) is 5.96 Å². The van der Waals surface area contributed by atoms with E-state index in [1.54, 1.807) is 60.7 Å². The predicted octanol–water partition coefficient (Wildman–Crippen LogP) is 4.16. The third-order valence-corrected chi connectivity index (χ3v) is 4.86. The molecular weight excluding hydrogens is 463 g/mol. The van der Waals surface area contributed by atoms with Crippen LogP contribution in [0.2, 0.25) is 10.0 Å². The molecule has 0 saturated heterocycles. The number of halogens is 2. The lowest BCUT2D eigenvalue weighted by atomic mass is 9.94. The van der Waals surface area contributed by atoms with Gasteiger partial charge in [-0.1, -0.05) is 59.6 Å². The van der Waals surface area contributed by atoms with Crippen LogP contribution in [-0.2, 0) is 9.59 Å². The van der Waals surface area contributed by atoms with Crippen LogP contribution in [0.3, 0.4) is 0 Å². The average Bonchev–Trinajstić information content (AvgIpc) is 2.76. The molecule has 0 fully saturated rings. The fraction of sp³-hybridized carbons (Fsp3) is 0.0417. The minimum atomic E-state index is -0.651. The molecular formula is C24H20Cl2N4O3. The van der Waals surface area contributed by atoms with E-state index in [0.717, 1.165) is 0 Å². The van der Waals surface area contributed by atoms with Crippen molar-refractivity contribution < 1.29 is 14.3 Å². The van der Waals surface area contributed by atoms with Crippen LogP contribution in [0.25, 0.3) is 11.1 Å². The maximum Gasteiger partial charge on any atom is 0.344 e. The predicted molar refractivity (Wildman–Crippen MR) is 131 cm³/mol. The van der Waals surface area contributed by atoms with E-state index in [-0.39, 0.29) is 23.8 Å². The van der Waals surface area contributed by atoms with E-state index in [2.05, 4.69) is 10.3 Å². The summed E-state index contributed by atoms with van der Waals surface area (Å²) in [6, 6.07) is 20.3. The van der Waals surface area contributed by atoms with Gasteiger partial charge in [0, 0.05) is 22.7 Å². The Balaban J connectivity index is 2.15. The molecule has 0 spiro atoms. The van der Waals surface area contributed by atoms with Crippen LogP contribution < -0.4 is 21.5 Å². The van der Waals surface area contributed by atoms with Gasteiger partial charge in [0.2, 0.25) is 6.41 Å². The lowest BCUT2D eigenvalue weighted by Crippen LogP contribution is -2.21. The molecule has 0 aliphatic heterocycles. The fourth-order valence-electron chi connectivity index (χ4n) is 3.15. The molecule has 0 radical (unpaired) electrons. The van der Waals surface area contributed by atoms with Crippen molar-refractivity contribution in [1.82, 2.24) is 5.32 Å². The number of rotatable bonds is 8. The second-order valence-corrected chi connectivity index (χ2v) is 7.67. The molecule has 168 valence electrons. The number of guanidine groups is 1. The number of carbonyl (C=O) groups excluding carboxylic acids is 2.